The topological polar surface area (TPSA) is 68.0 Å². The van der Waals surface area contributed by atoms with Gasteiger partial charge in [-0.3, -0.25) is 4.79 Å². The Hall–Kier alpha value is -0.690. The molecule has 76 valence electrons. The number of hydrogen-bond acceptors (Lipinski definition) is 3. The lowest BCUT2D eigenvalue weighted by Gasteiger charge is -2.07. The van der Waals surface area contributed by atoms with Crippen LogP contribution < -0.4 is 11.1 Å². The molecule has 1 amide bonds. The zero-order chi connectivity index (χ0) is 10.7. The quantitative estimate of drug-likeness (QED) is 0.809. The first kappa shape index (κ1) is 11.4. The molecule has 1 unspecified atom stereocenters. The molecule has 0 fully saturated rings. The summed E-state index contributed by atoms with van der Waals surface area (Å²) in [5.74, 6) is 0.323. The molecule has 1 heterocycles. The molecule has 0 radical (unpaired) electrons. The number of aromatic nitrogens is 1. The third kappa shape index (κ3) is 2.91. The minimum absolute atomic E-state index is 0.224. The number of carbonyl (C=O) groups is 1. The zero-order valence-electron chi connectivity index (χ0n) is 8.04. The van der Waals surface area contributed by atoms with Gasteiger partial charge in [-0.05, 0) is 48.6 Å². The maximum absolute atomic E-state index is 11.2. The van der Waals surface area contributed by atoms with Crippen molar-refractivity contribution in [2.75, 3.05) is 5.32 Å². The van der Waals surface area contributed by atoms with Gasteiger partial charge in [-0.15, -0.1) is 0 Å². The lowest BCUT2D eigenvalue weighted by atomic mass is 10.3. The van der Waals surface area contributed by atoms with E-state index >= 15 is 0 Å². The third-order valence-electron chi connectivity index (χ3n) is 1.69. The van der Waals surface area contributed by atoms with Crippen molar-refractivity contribution in [3.8, 4) is 0 Å². The molecule has 0 aliphatic heterocycles. The summed E-state index contributed by atoms with van der Waals surface area (Å²) >= 11 is 2.19. The lowest BCUT2D eigenvalue weighted by molar-refractivity contribution is -0.117. The van der Waals surface area contributed by atoms with Crippen molar-refractivity contribution >= 4 is 34.3 Å². The van der Waals surface area contributed by atoms with E-state index in [1.807, 2.05) is 13.0 Å². The van der Waals surface area contributed by atoms with Crippen molar-refractivity contribution in [3.63, 3.8) is 0 Å². The van der Waals surface area contributed by atoms with Gasteiger partial charge in [0.15, 0.2) is 0 Å². The van der Waals surface area contributed by atoms with Crippen molar-refractivity contribution in [1.82, 2.24) is 4.98 Å². The van der Waals surface area contributed by atoms with E-state index in [4.69, 9.17) is 5.73 Å². The van der Waals surface area contributed by atoms with Crippen LogP contribution in [0.2, 0.25) is 0 Å². The minimum atomic E-state index is -0.517. The zero-order valence-corrected chi connectivity index (χ0v) is 10.2. The summed E-state index contributed by atoms with van der Waals surface area (Å²) in [6, 6.07) is 3.14. The predicted molar refractivity (Wildman–Crippen MR) is 64.0 cm³/mol. The smallest absolute Gasteiger partial charge is 0.242 e. The van der Waals surface area contributed by atoms with Crippen LogP contribution in [0.1, 0.15) is 12.6 Å². The number of amides is 1. The summed E-state index contributed by atoms with van der Waals surface area (Å²) in [7, 11) is 0. The Bertz CT molecular complexity index is 352. The fraction of sp³-hybridized carbons (Fsp3) is 0.333. The van der Waals surface area contributed by atoms with Crippen LogP contribution in [0.25, 0.3) is 0 Å². The highest BCUT2D eigenvalue weighted by molar-refractivity contribution is 14.1. The summed E-state index contributed by atoms with van der Waals surface area (Å²) in [6.07, 6.45) is 0. The Morgan fingerprint density at radius 1 is 1.64 bits per heavy atom. The van der Waals surface area contributed by atoms with Crippen LogP contribution >= 0.6 is 22.6 Å². The van der Waals surface area contributed by atoms with Gasteiger partial charge in [-0.1, -0.05) is 0 Å². The molecule has 0 saturated carbocycles. The first-order valence-electron chi connectivity index (χ1n) is 4.20. The van der Waals surface area contributed by atoms with Crippen molar-refractivity contribution < 1.29 is 4.79 Å². The number of nitrogens with one attached hydrogen (secondary N) is 1. The molecule has 14 heavy (non-hydrogen) atoms. The van der Waals surface area contributed by atoms with Gasteiger partial charge in [0.1, 0.15) is 5.82 Å². The second kappa shape index (κ2) is 4.70. The maximum Gasteiger partial charge on any atom is 0.242 e. The number of rotatable bonds is 2. The second-order valence-electron chi connectivity index (χ2n) is 3.04. The SMILES string of the molecule is Cc1nc(NC(=O)C(C)N)ccc1I. The van der Waals surface area contributed by atoms with Gasteiger partial charge in [-0.25, -0.2) is 4.98 Å². The van der Waals surface area contributed by atoms with Crippen LogP contribution in [0.3, 0.4) is 0 Å². The Morgan fingerprint density at radius 2 is 2.29 bits per heavy atom. The second-order valence-corrected chi connectivity index (χ2v) is 4.20. The molecule has 1 aromatic rings. The Labute approximate surface area is 96.4 Å². The van der Waals surface area contributed by atoms with Crippen LogP contribution in [0, 0.1) is 10.5 Å². The molecule has 0 aliphatic carbocycles. The summed E-state index contributed by atoms with van der Waals surface area (Å²) in [4.78, 5) is 15.4. The number of nitrogens with zero attached hydrogens (tertiary/aromatic N) is 1. The molecule has 5 heteroatoms. The first-order chi connectivity index (χ1) is 6.50. The highest BCUT2D eigenvalue weighted by Gasteiger charge is 2.08. The van der Waals surface area contributed by atoms with E-state index in [9.17, 15) is 4.79 Å². The van der Waals surface area contributed by atoms with E-state index in [0.717, 1.165) is 9.26 Å². The Morgan fingerprint density at radius 3 is 2.79 bits per heavy atom. The lowest BCUT2D eigenvalue weighted by Crippen LogP contribution is -2.32. The fourth-order valence-corrected chi connectivity index (χ4v) is 1.15. The van der Waals surface area contributed by atoms with Gasteiger partial charge in [0.2, 0.25) is 5.91 Å². The van der Waals surface area contributed by atoms with E-state index < -0.39 is 6.04 Å². The molecule has 0 bridgehead atoms. The third-order valence-corrected chi connectivity index (χ3v) is 2.83. The van der Waals surface area contributed by atoms with Crippen molar-refractivity contribution in [3.05, 3.63) is 21.4 Å². The molecule has 4 nitrogen and oxygen atoms in total. The van der Waals surface area contributed by atoms with Crippen LogP contribution in [0.15, 0.2) is 12.1 Å². The molecule has 3 N–H and O–H groups in total. The monoisotopic (exact) mass is 305 g/mol. The number of nitrogens with two attached hydrogens (primary N) is 1. The molecule has 0 aliphatic rings. The number of hydrogen-bond donors (Lipinski definition) is 2. The van der Waals surface area contributed by atoms with E-state index in [1.165, 1.54) is 0 Å². The van der Waals surface area contributed by atoms with E-state index in [-0.39, 0.29) is 5.91 Å². The summed E-state index contributed by atoms with van der Waals surface area (Å²) < 4.78 is 1.07. The molecular formula is C9H12IN3O. The minimum Gasteiger partial charge on any atom is -0.320 e. The van der Waals surface area contributed by atoms with Gasteiger partial charge in [0.05, 0.1) is 11.7 Å². The normalized spacial score (nSPS) is 12.3. The van der Waals surface area contributed by atoms with Gasteiger partial charge in [0, 0.05) is 3.57 Å². The number of anilines is 1. The van der Waals surface area contributed by atoms with Crippen molar-refractivity contribution in [1.29, 1.82) is 0 Å². The van der Waals surface area contributed by atoms with Crippen LogP contribution in [-0.2, 0) is 4.79 Å². The molecule has 1 rings (SSSR count). The molecular weight excluding hydrogens is 293 g/mol. The highest BCUT2D eigenvalue weighted by atomic mass is 127. The Kier molecular flexibility index (Phi) is 3.82. The van der Waals surface area contributed by atoms with Gasteiger partial charge >= 0.3 is 0 Å². The molecule has 1 aromatic heterocycles. The van der Waals surface area contributed by atoms with E-state index in [2.05, 4.69) is 32.9 Å². The van der Waals surface area contributed by atoms with Gasteiger partial charge < -0.3 is 11.1 Å². The Balaban J connectivity index is 2.78. The fourth-order valence-electron chi connectivity index (χ4n) is 0.854. The standard InChI is InChI=1S/C9H12IN3O/c1-5(11)9(14)13-8-4-3-7(10)6(2)12-8/h3-5H,11H2,1-2H3,(H,12,13,14). The number of aryl methyl sites for hydroxylation is 1. The van der Waals surface area contributed by atoms with Crippen molar-refractivity contribution in [2.24, 2.45) is 5.73 Å². The molecule has 1 atom stereocenters. The number of carbonyl (C=O) groups excluding carboxylic acids is 1. The average molecular weight is 305 g/mol. The first-order valence-corrected chi connectivity index (χ1v) is 5.28. The predicted octanol–water partition coefficient (Wildman–Crippen LogP) is 1.28. The maximum atomic E-state index is 11.2. The van der Waals surface area contributed by atoms with E-state index in [0.29, 0.717) is 5.82 Å². The van der Waals surface area contributed by atoms with Gasteiger partial charge in [-0.2, -0.15) is 0 Å². The summed E-state index contributed by atoms with van der Waals surface area (Å²) in [6.45, 7) is 3.53. The van der Waals surface area contributed by atoms with Crippen molar-refractivity contribution in [2.45, 2.75) is 19.9 Å². The summed E-state index contributed by atoms with van der Waals surface area (Å²) in [5, 5.41) is 2.63. The number of halogens is 1. The van der Waals surface area contributed by atoms with Crippen LogP contribution in [-0.4, -0.2) is 16.9 Å². The van der Waals surface area contributed by atoms with Crippen LogP contribution in [0.5, 0.6) is 0 Å². The van der Waals surface area contributed by atoms with Gasteiger partial charge in [0.25, 0.3) is 0 Å². The highest BCUT2D eigenvalue weighted by Crippen LogP contribution is 2.12. The number of pyridine rings is 1. The molecule has 0 aromatic carbocycles. The molecule has 0 spiro atoms. The largest absolute Gasteiger partial charge is 0.320 e. The van der Waals surface area contributed by atoms with E-state index in [1.54, 1.807) is 13.0 Å². The molecule has 0 saturated heterocycles. The summed E-state index contributed by atoms with van der Waals surface area (Å²) in [5.41, 5.74) is 6.31. The average Bonchev–Trinajstić information content (AvgIpc) is 2.11. The van der Waals surface area contributed by atoms with Crippen LogP contribution in [0.4, 0.5) is 5.82 Å².